The van der Waals surface area contributed by atoms with Crippen LogP contribution in [0.4, 0.5) is 5.69 Å². The van der Waals surface area contributed by atoms with Gasteiger partial charge in [-0.25, -0.2) is 4.79 Å². The van der Waals surface area contributed by atoms with Gasteiger partial charge >= 0.3 is 5.97 Å². The molecule has 0 aliphatic rings. The van der Waals surface area contributed by atoms with Crippen molar-refractivity contribution in [2.45, 2.75) is 40.2 Å². The molecule has 5 nitrogen and oxygen atoms in total. The van der Waals surface area contributed by atoms with Crippen LogP contribution in [0.5, 0.6) is 0 Å². The lowest BCUT2D eigenvalue weighted by Crippen LogP contribution is -2.41. The molecule has 0 aromatic heterocycles. The predicted octanol–water partition coefficient (Wildman–Crippen LogP) is 2.76. The molecule has 0 bridgehead atoms. The second-order valence-electron chi connectivity index (χ2n) is 5.71. The standard InChI is InChI=1S/C17H26N2O3/c1-5-19(6-2)14-9-7-13(8-10-14)16(20)18-15(17(21)22)11-12(3)4/h7-10,12,15H,5-6,11H2,1-4H3,(H,18,20)(H,21,22)/t15-/m1/s1. The Bertz CT molecular complexity index is 493. The number of carbonyl (C=O) groups excluding carboxylic acids is 1. The van der Waals surface area contributed by atoms with Crippen LogP contribution in [0.3, 0.4) is 0 Å². The Morgan fingerprint density at radius 1 is 1.14 bits per heavy atom. The summed E-state index contributed by atoms with van der Waals surface area (Å²) in [5.74, 6) is -1.15. The monoisotopic (exact) mass is 306 g/mol. The molecule has 0 saturated heterocycles. The lowest BCUT2D eigenvalue weighted by Gasteiger charge is -2.21. The van der Waals surface area contributed by atoms with Crippen LogP contribution in [-0.4, -0.2) is 36.1 Å². The van der Waals surface area contributed by atoms with Gasteiger partial charge in [-0.2, -0.15) is 0 Å². The molecule has 1 aromatic rings. The molecule has 122 valence electrons. The number of hydrogen-bond acceptors (Lipinski definition) is 3. The second-order valence-corrected chi connectivity index (χ2v) is 5.71. The van der Waals surface area contributed by atoms with Crippen LogP contribution in [-0.2, 0) is 4.79 Å². The number of nitrogens with one attached hydrogen (secondary N) is 1. The molecule has 0 saturated carbocycles. The third kappa shape index (κ3) is 5.06. The van der Waals surface area contributed by atoms with Gasteiger partial charge in [-0.05, 0) is 50.5 Å². The van der Waals surface area contributed by atoms with Crippen molar-refractivity contribution in [3.8, 4) is 0 Å². The predicted molar refractivity (Wildman–Crippen MR) is 88.3 cm³/mol. The number of rotatable bonds is 8. The molecule has 1 atom stereocenters. The van der Waals surface area contributed by atoms with Crippen molar-refractivity contribution >= 4 is 17.6 Å². The Morgan fingerprint density at radius 2 is 1.68 bits per heavy atom. The van der Waals surface area contributed by atoms with Gasteiger partial charge < -0.3 is 15.3 Å². The first-order chi connectivity index (χ1) is 10.4. The van der Waals surface area contributed by atoms with Gasteiger partial charge in [0.15, 0.2) is 0 Å². The Labute approximate surface area is 132 Å². The summed E-state index contributed by atoms with van der Waals surface area (Å²) in [5, 5.41) is 11.8. The van der Waals surface area contributed by atoms with Crippen molar-refractivity contribution in [3.05, 3.63) is 29.8 Å². The molecule has 1 amide bonds. The Morgan fingerprint density at radius 3 is 2.09 bits per heavy atom. The van der Waals surface area contributed by atoms with E-state index in [0.29, 0.717) is 12.0 Å². The molecule has 22 heavy (non-hydrogen) atoms. The molecule has 1 aromatic carbocycles. The van der Waals surface area contributed by atoms with E-state index in [1.165, 1.54) is 0 Å². The van der Waals surface area contributed by atoms with E-state index in [1.807, 2.05) is 26.0 Å². The van der Waals surface area contributed by atoms with E-state index >= 15 is 0 Å². The summed E-state index contributed by atoms with van der Waals surface area (Å²) in [6, 6.07) is 6.39. The van der Waals surface area contributed by atoms with Crippen LogP contribution in [0.25, 0.3) is 0 Å². The topological polar surface area (TPSA) is 69.6 Å². The van der Waals surface area contributed by atoms with Gasteiger partial charge in [-0.1, -0.05) is 13.8 Å². The number of anilines is 1. The molecule has 5 heteroatoms. The van der Waals surface area contributed by atoms with Crippen molar-refractivity contribution in [2.24, 2.45) is 5.92 Å². The number of benzene rings is 1. The van der Waals surface area contributed by atoms with Crippen molar-refractivity contribution in [1.29, 1.82) is 0 Å². The van der Waals surface area contributed by atoms with Gasteiger partial charge in [-0.15, -0.1) is 0 Å². The highest BCUT2D eigenvalue weighted by molar-refractivity contribution is 5.96. The molecular weight excluding hydrogens is 280 g/mol. The Balaban J connectivity index is 2.78. The average molecular weight is 306 g/mol. The van der Waals surface area contributed by atoms with E-state index in [1.54, 1.807) is 12.1 Å². The van der Waals surface area contributed by atoms with Crippen LogP contribution in [0.15, 0.2) is 24.3 Å². The van der Waals surface area contributed by atoms with Gasteiger partial charge in [-0.3, -0.25) is 4.79 Å². The van der Waals surface area contributed by atoms with E-state index in [-0.39, 0.29) is 11.8 Å². The van der Waals surface area contributed by atoms with E-state index in [9.17, 15) is 14.7 Å². The van der Waals surface area contributed by atoms with Crippen LogP contribution >= 0.6 is 0 Å². The van der Waals surface area contributed by atoms with E-state index in [0.717, 1.165) is 18.8 Å². The van der Waals surface area contributed by atoms with Gasteiger partial charge in [0.2, 0.25) is 0 Å². The minimum absolute atomic E-state index is 0.200. The number of amides is 1. The number of nitrogens with zero attached hydrogens (tertiary/aromatic N) is 1. The Kier molecular flexibility index (Phi) is 6.89. The first-order valence-electron chi connectivity index (χ1n) is 7.77. The number of carboxylic acid groups (broad SMARTS) is 1. The summed E-state index contributed by atoms with van der Waals surface area (Å²) >= 11 is 0. The van der Waals surface area contributed by atoms with E-state index in [2.05, 4.69) is 24.1 Å². The molecule has 0 radical (unpaired) electrons. The highest BCUT2D eigenvalue weighted by atomic mass is 16.4. The fourth-order valence-electron chi connectivity index (χ4n) is 2.35. The molecule has 0 aliphatic heterocycles. The SMILES string of the molecule is CCN(CC)c1ccc(C(=O)N[C@H](CC(C)C)C(=O)O)cc1. The molecule has 0 aliphatic carbocycles. The van der Waals surface area contributed by atoms with Gasteiger partial charge in [0, 0.05) is 24.3 Å². The minimum atomic E-state index is -0.998. The molecule has 1 rings (SSSR count). The first-order valence-corrected chi connectivity index (χ1v) is 7.77. The van der Waals surface area contributed by atoms with Crippen LogP contribution < -0.4 is 10.2 Å². The fraction of sp³-hybridized carbons (Fsp3) is 0.529. The van der Waals surface area contributed by atoms with Gasteiger partial charge in [0.25, 0.3) is 5.91 Å². The van der Waals surface area contributed by atoms with Crippen molar-refractivity contribution in [2.75, 3.05) is 18.0 Å². The average Bonchev–Trinajstić information content (AvgIpc) is 2.48. The zero-order valence-electron chi connectivity index (χ0n) is 13.8. The zero-order chi connectivity index (χ0) is 16.7. The molecule has 0 fully saturated rings. The van der Waals surface area contributed by atoms with Crippen LogP contribution in [0.1, 0.15) is 44.5 Å². The maximum absolute atomic E-state index is 12.2. The summed E-state index contributed by atoms with van der Waals surface area (Å²) in [5.41, 5.74) is 1.53. The number of hydrogen-bond donors (Lipinski definition) is 2. The maximum atomic E-state index is 12.2. The third-order valence-electron chi connectivity index (χ3n) is 3.57. The van der Waals surface area contributed by atoms with Crippen molar-refractivity contribution in [1.82, 2.24) is 5.32 Å². The highest BCUT2D eigenvalue weighted by Crippen LogP contribution is 2.15. The molecule has 2 N–H and O–H groups in total. The third-order valence-corrected chi connectivity index (χ3v) is 3.57. The van der Waals surface area contributed by atoms with Crippen molar-refractivity contribution < 1.29 is 14.7 Å². The second kappa shape index (κ2) is 8.41. The van der Waals surface area contributed by atoms with Crippen LogP contribution in [0, 0.1) is 5.92 Å². The number of carbonyl (C=O) groups is 2. The maximum Gasteiger partial charge on any atom is 0.326 e. The zero-order valence-corrected chi connectivity index (χ0v) is 13.8. The van der Waals surface area contributed by atoms with E-state index in [4.69, 9.17) is 0 Å². The summed E-state index contributed by atoms with van der Waals surface area (Å²) < 4.78 is 0. The lowest BCUT2D eigenvalue weighted by atomic mass is 10.0. The largest absolute Gasteiger partial charge is 0.480 e. The summed E-state index contributed by atoms with van der Waals surface area (Å²) in [4.78, 5) is 25.6. The van der Waals surface area contributed by atoms with E-state index < -0.39 is 12.0 Å². The van der Waals surface area contributed by atoms with Crippen LogP contribution in [0.2, 0.25) is 0 Å². The Hall–Kier alpha value is -2.04. The summed E-state index contributed by atoms with van der Waals surface area (Å²) in [6.45, 7) is 9.82. The quantitative estimate of drug-likeness (QED) is 0.775. The van der Waals surface area contributed by atoms with Gasteiger partial charge in [0.1, 0.15) is 6.04 Å². The van der Waals surface area contributed by atoms with Gasteiger partial charge in [0.05, 0.1) is 0 Å². The number of carboxylic acids is 1. The number of aliphatic carboxylic acids is 1. The molecule has 0 spiro atoms. The highest BCUT2D eigenvalue weighted by Gasteiger charge is 2.21. The smallest absolute Gasteiger partial charge is 0.326 e. The molecular formula is C17H26N2O3. The summed E-state index contributed by atoms with van der Waals surface area (Å²) in [7, 11) is 0. The summed E-state index contributed by atoms with van der Waals surface area (Å²) in [6.07, 6.45) is 0.415. The first kappa shape index (κ1) is 18.0. The molecule has 0 heterocycles. The lowest BCUT2D eigenvalue weighted by molar-refractivity contribution is -0.139. The minimum Gasteiger partial charge on any atom is -0.480 e. The normalized spacial score (nSPS) is 12.0. The fourth-order valence-corrected chi connectivity index (χ4v) is 2.35. The van der Waals surface area contributed by atoms with Crippen molar-refractivity contribution in [3.63, 3.8) is 0 Å². The molecule has 0 unspecified atom stereocenters.